The Kier molecular flexibility index (Phi) is 4.53. The highest BCUT2D eigenvalue weighted by Crippen LogP contribution is 2.24. The van der Waals surface area contributed by atoms with Crippen LogP contribution in [-0.4, -0.2) is 10.5 Å². The molecule has 6 heteroatoms. The highest BCUT2D eigenvalue weighted by atomic mass is 35.5. The first-order chi connectivity index (χ1) is 11.0. The Balaban J connectivity index is 2.21. The number of thiazole rings is 1. The van der Waals surface area contributed by atoms with Gasteiger partial charge in [0.1, 0.15) is 0 Å². The largest absolute Gasteiger partial charge is 0.312 e. The smallest absolute Gasteiger partial charge is 0.289 e. The average Bonchev–Trinajstić information content (AvgIpc) is 3.05. The summed E-state index contributed by atoms with van der Waals surface area (Å²) in [5.74, 6) is -0.263. The maximum absolute atomic E-state index is 12.4. The number of allylic oxidation sites excluding steroid dienone is 1. The minimum atomic E-state index is -0.263. The summed E-state index contributed by atoms with van der Waals surface area (Å²) in [5, 5.41) is 0. The minimum absolute atomic E-state index is 0.263. The number of fused-ring (bicyclic) bond motifs is 1. The molecule has 0 saturated heterocycles. The van der Waals surface area contributed by atoms with Gasteiger partial charge in [-0.3, -0.25) is 4.79 Å². The molecule has 2 aromatic heterocycles. The Morgan fingerprint density at radius 3 is 2.78 bits per heavy atom. The van der Waals surface area contributed by atoms with Crippen LogP contribution in [0.4, 0.5) is 0 Å². The third-order valence-corrected chi connectivity index (χ3v) is 5.86. The van der Waals surface area contributed by atoms with Crippen LogP contribution in [0.1, 0.15) is 20.8 Å². The van der Waals surface area contributed by atoms with Crippen LogP contribution in [0.2, 0.25) is 4.34 Å². The van der Waals surface area contributed by atoms with Crippen LogP contribution in [0.25, 0.3) is 10.2 Å². The van der Waals surface area contributed by atoms with Crippen LogP contribution < -0.4 is 4.80 Å². The van der Waals surface area contributed by atoms with Gasteiger partial charge in [0.2, 0.25) is 0 Å². The quantitative estimate of drug-likeness (QED) is 0.606. The molecule has 1 aromatic carbocycles. The van der Waals surface area contributed by atoms with Gasteiger partial charge < -0.3 is 4.57 Å². The van der Waals surface area contributed by atoms with E-state index in [0.717, 1.165) is 10.2 Å². The van der Waals surface area contributed by atoms with Gasteiger partial charge in [-0.2, -0.15) is 4.99 Å². The zero-order chi connectivity index (χ0) is 16.6. The molecule has 3 nitrogen and oxygen atoms in total. The van der Waals surface area contributed by atoms with Crippen molar-refractivity contribution in [3.05, 3.63) is 62.1 Å². The molecule has 23 heavy (non-hydrogen) atoms. The van der Waals surface area contributed by atoms with Crippen LogP contribution in [-0.2, 0) is 6.54 Å². The molecular weight excluding hydrogens is 348 g/mol. The SMILES string of the molecule is C=CCn1c(=NC(=O)c2ccc(Cl)s2)sc2c(C)cc(C)cc21. The molecule has 2 heterocycles. The lowest BCUT2D eigenvalue weighted by molar-refractivity contribution is 0.100. The van der Waals surface area contributed by atoms with Crippen molar-refractivity contribution in [1.29, 1.82) is 0 Å². The lowest BCUT2D eigenvalue weighted by atomic mass is 10.1. The van der Waals surface area contributed by atoms with Crippen molar-refractivity contribution in [3.63, 3.8) is 0 Å². The normalized spacial score (nSPS) is 12.0. The number of thiophene rings is 1. The summed E-state index contributed by atoms with van der Waals surface area (Å²) in [6.45, 7) is 8.57. The summed E-state index contributed by atoms with van der Waals surface area (Å²) in [4.78, 5) is 17.9. The molecule has 0 spiro atoms. The van der Waals surface area contributed by atoms with Gasteiger partial charge in [-0.1, -0.05) is 35.1 Å². The van der Waals surface area contributed by atoms with Crippen LogP contribution in [0.5, 0.6) is 0 Å². The van der Waals surface area contributed by atoms with Crippen LogP contribution >= 0.6 is 34.3 Å². The number of aromatic nitrogens is 1. The van der Waals surface area contributed by atoms with Crippen molar-refractivity contribution in [2.24, 2.45) is 4.99 Å². The van der Waals surface area contributed by atoms with Gasteiger partial charge in [0, 0.05) is 6.54 Å². The number of hydrogen-bond donors (Lipinski definition) is 0. The van der Waals surface area contributed by atoms with Gasteiger partial charge in [0.05, 0.1) is 19.4 Å². The van der Waals surface area contributed by atoms with Crippen molar-refractivity contribution in [1.82, 2.24) is 4.57 Å². The summed E-state index contributed by atoms with van der Waals surface area (Å²) < 4.78 is 3.76. The first-order valence-electron chi connectivity index (χ1n) is 7.05. The first-order valence-corrected chi connectivity index (χ1v) is 9.06. The fourth-order valence-corrected chi connectivity index (χ4v) is 4.49. The highest BCUT2D eigenvalue weighted by molar-refractivity contribution is 7.18. The first kappa shape index (κ1) is 16.2. The van der Waals surface area contributed by atoms with E-state index in [1.165, 1.54) is 33.8 Å². The van der Waals surface area contributed by atoms with E-state index < -0.39 is 0 Å². The van der Waals surface area contributed by atoms with E-state index in [9.17, 15) is 4.79 Å². The lowest BCUT2D eigenvalue weighted by Gasteiger charge is -2.03. The molecule has 0 aliphatic rings. The molecule has 0 atom stereocenters. The van der Waals surface area contributed by atoms with E-state index >= 15 is 0 Å². The van der Waals surface area contributed by atoms with Gasteiger partial charge in [-0.05, 0) is 43.2 Å². The predicted octanol–water partition coefficient (Wildman–Crippen LogP) is 4.96. The van der Waals surface area contributed by atoms with Gasteiger partial charge in [0.15, 0.2) is 4.80 Å². The van der Waals surface area contributed by atoms with E-state index in [1.807, 2.05) is 10.6 Å². The minimum Gasteiger partial charge on any atom is -0.312 e. The lowest BCUT2D eigenvalue weighted by Crippen LogP contribution is -2.16. The second-order valence-corrected chi connectivity index (χ2v) is 7.93. The number of carbonyl (C=O) groups excluding carboxylic acids is 1. The van der Waals surface area contributed by atoms with Gasteiger partial charge in [0.25, 0.3) is 5.91 Å². The molecule has 0 radical (unpaired) electrons. The topological polar surface area (TPSA) is 34.4 Å². The summed E-state index contributed by atoms with van der Waals surface area (Å²) in [6.07, 6.45) is 1.81. The fourth-order valence-electron chi connectivity index (χ4n) is 2.47. The third-order valence-electron chi connectivity index (χ3n) is 3.41. The van der Waals surface area contributed by atoms with Crippen molar-refractivity contribution < 1.29 is 4.79 Å². The van der Waals surface area contributed by atoms with Gasteiger partial charge >= 0.3 is 0 Å². The Labute approximate surface area is 147 Å². The third kappa shape index (κ3) is 3.17. The Hall–Kier alpha value is -1.69. The number of rotatable bonds is 3. The molecule has 0 aliphatic heterocycles. The molecule has 0 aliphatic carbocycles. The molecule has 0 saturated carbocycles. The zero-order valence-corrected chi connectivity index (χ0v) is 15.2. The van der Waals surface area contributed by atoms with E-state index in [0.29, 0.717) is 20.6 Å². The number of nitrogens with zero attached hydrogens (tertiary/aromatic N) is 2. The van der Waals surface area contributed by atoms with Crippen molar-refractivity contribution in [3.8, 4) is 0 Å². The number of benzene rings is 1. The Morgan fingerprint density at radius 1 is 1.35 bits per heavy atom. The number of hydrogen-bond acceptors (Lipinski definition) is 3. The number of aryl methyl sites for hydroxylation is 2. The van der Waals surface area contributed by atoms with E-state index in [4.69, 9.17) is 11.6 Å². The van der Waals surface area contributed by atoms with E-state index in [2.05, 4.69) is 37.6 Å². The zero-order valence-electron chi connectivity index (χ0n) is 12.8. The van der Waals surface area contributed by atoms with Crippen LogP contribution in [0, 0.1) is 13.8 Å². The monoisotopic (exact) mass is 362 g/mol. The highest BCUT2D eigenvalue weighted by Gasteiger charge is 2.12. The maximum Gasteiger partial charge on any atom is 0.289 e. The summed E-state index contributed by atoms with van der Waals surface area (Å²) in [7, 11) is 0. The summed E-state index contributed by atoms with van der Waals surface area (Å²) in [6, 6.07) is 7.68. The molecule has 118 valence electrons. The van der Waals surface area contributed by atoms with Crippen LogP contribution in [0.3, 0.4) is 0 Å². The molecule has 3 rings (SSSR count). The van der Waals surface area contributed by atoms with Crippen molar-refractivity contribution in [2.45, 2.75) is 20.4 Å². The average molecular weight is 363 g/mol. The Morgan fingerprint density at radius 2 is 2.13 bits per heavy atom. The maximum atomic E-state index is 12.4. The second kappa shape index (κ2) is 6.43. The second-order valence-electron chi connectivity index (χ2n) is 5.23. The molecular formula is C17H15ClN2OS2. The fraction of sp³-hybridized carbons (Fsp3) is 0.176. The molecule has 1 amide bonds. The van der Waals surface area contributed by atoms with E-state index in [-0.39, 0.29) is 5.91 Å². The van der Waals surface area contributed by atoms with Gasteiger partial charge in [-0.25, -0.2) is 0 Å². The van der Waals surface area contributed by atoms with Gasteiger partial charge in [-0.15, -0.1) is 17.9 Å². The van der Waals surface area contributed by atoms with Crippen LogP contribution in [0.15, 0.2) is 41.9 Å². The summed E-state index contributed by atoms with van der Waals surface area (Å²) in [5.41, 5.74) is 3.47. The van der Waals surface area contributed by atoms with Crippen molar-refractivity contribution >= 4 is 50.4 Å². The van der Waals surface area contributed by atoms with Crippen molar-refractivity contribution in [2.75, 3.05) is 0 Å². The summed E-state index contributed by atoms with van der Waals surface area (Å²) >= 11 is 8.67. The standard InChI is InChI=1S/C17H15ClN2OS2/c1-4-7-20-12-9-10(2)8-11(3)15(12)23-17(20)19-16(21)13-5-6-14(18)22-13/h4-6,8-9H,1,7H2,2-3H3. The van der Waals surface area contributed by atoms with E-state index in [1.54, 1.807) is 12.1 Å². The molecule has 3 aromatic rings. The predicted molar refractivity (Wildman–Crippen MR) is 98.7 cm³/mol. The molecule has 0 N–H and O–H groups in total. The number of amides is 1. The Bertz CT molecular complexity index is 978. The molecule has 0 fully saturated rings. The number of carbonyl (C=O) groups is 1. The number of halogens is 1. The molecule has 0 unspecified atom stereocenters. The molecule has 0 bridgehead atoms.